The molecule has 33 aromatic rings. The summed E-state index contributed by atoms with van der Waals surface area (Å²) in [6.07, 6.45) is 0. The van der Waals surface area contributed by atoms with Crippen LogP contribution in [0.2, 0.25) is 0 Å². The number of hydrogen-bond acceptors (Lipinski definition) is 4. The van der Waals surface area contributed by atoms with Crippen LogP contribution in [-0.2, 0) is 0 Å². The third-order valence-corrected chi connectivity index (χ3v) is 31.2. The summed E-state index contributed by atoms with van der Waals surface area (Å²) in [5.74, 6) is 0. The van der Waals surface area contributed by atoms with Crippen LogP contribution >= 0.6 is 0 Å². The highest BCUT2D eigenvalue weighted by Crippen LogP contribution is 2.63. The summed E-state index contributed by atoms with van der Waals surface area (Å²) in [6.45, 7) is 0. The second-order valence-electron chi connectivity index (χ2n) is 37.0. The molecule has 0 aliphatic heterocycles. The zero-order valence-corrected chi connectivity index (χ0v) is 70.4. The van der Waals surface area contributed by atoms with Crippen LogP contribution in [0, 0.1) is 0 Å². The fourth-order valence-electron chi connectivity index (χ4n) is 26.4. The van der Waals surface area contributed by atoms with Gasteiger partial charge in [0.25, 0.3) is 11.1 Å². The Balaban J connectivity index is 0.000000120. The quantitative estimate of drug-likeness (QED) is 0.130. The Hall–Kier alpha value is -17.6. The highest BCUT2D eigenvalue weighted by Gasteiger charge is 2.36. The van der Waals surface area contributed by atoms with Crippen molar-refractivity contribution in [2.24, 2.45) is 0 Å². The number of imidazole rings is 2. The molecule has 0 saturated heterocycles. The lowest BCUT2D eigenvalue weighted by Crippen LogP contribution is -2.13. The first-order valence-electron chi connectivity index (χ1n) is 45.7. The number of fused-ring (bicyclic) bond motifs is 26. The lowest BCUT2D eigenvalue weighted by molar-refractivity contribution is 1.19. The topological polar surface area (TPSA) is 68.7 Å². The molecule has 0 atom stereocenters. The van der Waals surface area contributed by atoms with Gasteiger partial charge in [-0.25, -0.2) is 9.97 Å². The fourth-order valence-corrected chi connectivity index (χ4v) is 26.4. The van der Waals surface area contributed by atoms with Crippen LogP contribution in [-0.4, -0.2) is 18.8 Å². The molecule has 1 aliphatic rings. The Morgan fingerprint density at radius 1 is 0.152 bits per heavy atom. The number of aromatic nitrogens is 4. The predicted octanol–water partition coefficient (Wildman–Crippen LogP) is 32.9. The molecule has 0 unspecified atom stereocenters. The van der Waals surface area contributed by atoms with E-state index in [2.05, 4.69) is 328 Å². The first kappa shape index (κ1) is 68.7. The lowest BCUT2D eigenvalue weighted by Gasteiger charge is -2.20. The van der Waals surface area contributed by atoms with Gasteiger partial charge in [0.1, 0.15) is 11.3 Å². The van der Waals surface area contributed by atoms with Gasteiger partial charge in [0.2, 0.25) is 0 Å². The van der Waals surface area contributed by atoms with Crippen molar-refractivity contribution in [2.75, 3.05) is 0 Å². The van der Waals surface area contributed by atoms with Crippen molar-refractivity contribution in [3.63, 3.8) is 0 Å². The molecule has 598 valence electrons. The van der Waals surface area contributed by atoms with E-state index < -0.39 is 0 Å². The van der Waals surface area contributed by atoms with Crippen LogP contribution in [0.25, 0.3) is 337 Å². The van der Waals surface area contributed by atoms with E-state index in [1.54, 1.807) is 8.80 Å². The van der Waals surface area contributed by atoms with Gasteiger partial charge in [-0.1, -0.05) is 328 Å². The Labute approximate surface area is 747 Å². The second kappa shape index (κ2) is 24.0. The second-order valence-corrected chi connectivity index (χ2v) is 37.0. The molecule has 6 heteroatoms. The average molecular weight is 1660 g/mol. The normalized spacial score (nSPS) is 12.9. The molecule has 0 saturated carbocycles. The van der Waals surface area contributed by atoms with Gasteiger partial charge in [0, 0.05) is 32.3 Å². The molecule has 0 spiro atoms. The van der Waals surface area contributed by atoms with Crippen LogP contribution in [0.15, 0.2) is 386 Å². The standard InChI is InChI=1S/C66H32N2O.C60H30N2O/c69-66-49-32-28-43-39-24-22-37-41-26-30-47-59-46(63-53(34-11-3-1-4-12-34)61-44-17-9-15-33-16-10-18-45(52(33)44)62(61)54(64(47)63)35-13-5-2-6-14-35)29-25-40(57(41)59)36-21-23-38(56(39)55(36)37)42-27-31-48(60(49)58(42)43)65-67-50-19-7-8-20-51(50)68(65)66;63-60-46-30-26-42-38-22-20-36-40-24-28-44-55-43(57-49(31-11-3-1-4-12-31)33-15-7-8-16-34(33)50(58(44)57)32-13-5-2-6-14-32)27-23-39(53(40)55)35-19-21-37(52(38)51(35)36)41-25-29-45(56(46)54(41)42)59-61-47-17-9-10-18-48(47)62(59)60/h1-32H;1-30H. The zero-order valence-electron chi connectivity index (χ0n) is 70.4. The molecule has 132 heavy (non-hydrogen) atoms. The zero-order chi connectivity index (χ0) is 85.4. The van der Waals surface area contributed by atoms with E-state index in [1.807, 2.05) is 48.5 Å². The summed E-state index contributed by atoms with van der Waals surface area (Å²) in [4.78, 5) is 38.9. The molecule has 0 bridgehead atoms. The maximum atomic E-state index is 14.4. The SMILES string of the molecule is O=c1c2ccc3c4ccc5c6ccc7c8c(-c9ccccc9)c9c%10cccc%11cccc(c9c(-c9ccccc9)c8c8ccc(c9ccc(c%12ccc(c2c3%12)c2nc3ccccc3n12)c4c59)c6c78)c%11%10.O=c1c2ccc3c4ccc5c6ccc7c8c(ccc(c9ccc(c%10ccc(c2c3%10)c2nc3ccccc3n12)c4c59)c86)-c1c-7c(-c2ccccc2)c2ccccc2c1-c1ccccc1. The van der Waals surface area contributed by atoms with E-state index in [4.69, 9.17) is 9.97 Å². The average Bonchev–Trinajstić information content (AvgIpc) is 1.36. The van der Waals surface area contributed by atoms with Crippen molar-refractivity contribution >= 4 is 270 Å². The van der Waals surface area contributed by atoms with Crippen molar-refractivity contribution in [3.8, 4) is 66.8 Å². The van der Waals surface area contributed by atoms with E-state index in [0.29, 0.717) is 0 Å². The monoisotopic (exact) mass is 1660 g/mol. The molecule has 4 aromatic heterocycles. The summed E-state index contributed by atoms with van der Waals surface area (Å²) < 4.78 is 3.60. The molecule has 0 amide bonds. The first-order chi connectivity index (χ1) is 65.4. The number of nitrogens with zero attached hydrogens (tertiary/aromatic N) is 4. The van der Waals surface area contributed by atoms with Crippen molar-refractivity contribution in [1.82, 2.24) is 18.8 Å². The van der Waals surface area contributed by atoms with E-state index >= 15 is 0 Å². The van der Waals surface area contributed by atoms with Crippen molar-refractivity contribution in [3.05, 3.63) is 397 Å². The summed E-state index contributed by atoms with van der Waals surface area (Å²) >= 11 is 0. The molecule has 29 aromatic carbocycles. The molecule has 34 rings (SSSR count). The fraction of sp³-hybridized carbons (Fsp3) is 0. The molecule has 1 aliphatic carbocycles. The minimum absolute atomic E-state index is 0.0197. The summed E-state index contributed by atoms with van der Waals surface area (Å²) in [5, 5.41) is 53.6. The largest absolute Gasteiger partial charge is 0.268 e. The molecular weight excluding hydrogens is 1600 g/mol. The van der Waals surface area contributed by atoms with Gasteiger partial charge in [-0.3, -0.25) is 18.4 Å². The van der Waals surface area contributed by atoms with Gasteiger partial charge < -0.3 is 0 Å². The molecule has 0 radical (unpaired) electrons. The Morgan fingerprint density at radius 3 is 0.720 bits per heavy atom. The number of para-hydroxylation sites is 4. The highest BCUT2D eigenvalue weighted by atomic mass is 16.1. The molecular formula is C126H62N4O2. The van der Waals surface area contributed by atoms with E-state index in [1.165, 1.54) is 261 Å². The number of benzene rings is 27. The van der Waals surface area contributed by atoms with Gasteiger partial charge >= 0.3 is 0 Å². The summed E-state index contributed by atoms with van der Waals surface area (Å²) in [7, 11) is 0. The van der Waals surface area contributed by atoms with E-state index in [0.717, 1.165) is 76.5 Å². The van der Waals surface area contributed by atoms with Gasteiger partial charge in [0.05, 0.1) is 22.1 Å². The van der Waals surface area contributed by atoms with Crippen LogP contribution < -0.4 is 11.1 Å². The Morgan fingerprint density at radius 2 is 0.386 bits per heavy atom. The molecule has 0 fully saturated rings. The van der Waals surface area contributed by atoms with Crippen LogP contribution in [0.1, 0.15) is 0 Å². The number of pyridine rings is 2. The Kier molecular flexibility index (Phi) is 12.5. The van der Waals surface area contributed by atoms with Gasteiger partial charge in [-0.15, -0.1) is 0 Å². The molecule has 0 N–H and O–H groups in total. The van der Waals surface area contributed by atoms with Gasteiger partial charge in [-0.05, 0) is 320 Å². The minimum Gasteiger partial charge on any atom is -0.268 e. The Bertz CT molecular complexity index is 10800. The third kappa shape index (κ3) is 8.09. The number of rotatable bonds is 4. The first-order valence-corrected chi connectivity index (χ1v) is 45.7. The van der Waals surface area contributed by atoms with Gasteiger partial charge in [0.15, 0.2) is 0 Å². The van der Waals surface area contributed by atoms with Crippen molar-refractivity contribution < 1.29 is 0 Å². The molecule has 6 nitrogen and oxygen atoms in total. The van der Waals surface area contributed by atoms with Crippen LogP contribution in [0.3, 0.4) is 0 Å². The van der Waals surface area contributed by atoms with Crippen molar-refractivity contribution in [2.45, 2.75) is 0 Å². The van der Waals surface area contributed by atoms with E-state index in [9.17, 15) is 9.59 Å². The lowest BCUT2D eigenvalue weighted by atomic mass is 9.82. The molecule has 4 heterocycles. The number of hydrogen-bond donors (Lipinski definition) is 0. The third-order valence-electron chi connectivity index (χ3n) is 31.2. The van der Waals surface area contributed by atoms with Crippen LogP contribution in [0.4, 0.5) is 0 Å². The minimum atomic E-state index is -0.0209. The predicted molar refractivity (Wildman–Crippen MR) is 559 cm³/mol. The van der Waals surface area contributed by atoms with Crippen molar-refractivity contribution in [1.29, 1.82) is 0 Å². The summed E-state index contributed by atoms with van der Waals surface area (Å²) in [5.41, 5.74) is 20.1. The smallest absolute Gasteiger partial charge is 0.264 e. The van der Waals surface area contributed by atoms with E-state index in [-0.39, 0.29) is 11.1 Å². The maximum absolute atomic E-state index is 14.4. The summed E-state index contributed by atoms with van der Waals surface area (Å²) in [6, 6.07) is 138. The van der Waals surface area contributed by atoms with Crippen LogP contribution in [0.5, 0.6) is 0 Å². The highest BCUT2D eigenvalue weighted by molar-refractivity contribution is 6.53. The van der Waals surface area contributed by atoms with Gasteiger partial charge in [-0.2, -0.15) is 0 Å². The maximum Gasteiger partial charge on any atom is 0.264 e.